The fourth-order valence-corrected chi connectivity index (χ4v) is 8.78. The predicted octanol–water partition coefficient (Wildman–Crippen LogP) is 3.08. The fourth-order valence-electron chi connectivity index (χ4n) is 6.65. The number of piperazine rings is 1. The summed E-state index contributed by atoms with van der Waals surface area (Å²) in [6.45, 7) is 9.19. The number of para-hydroxylation sites is 1. The minimum absolute atomic E-state index is 0.0273. The van der Waals surface area contributed by atoms with E-state index < -0.39 is 16.1 Å². The molecule has 2 aromatic carbocycles. The maximum absolute atomic E-state index is 14.3. The average Bonchev–Trinajstić information content (AvgIpc) is 2.96. The summed E-state index contributed by atoms with van der Waals surface area (Å²) in [4.78, 5) is 20.1. The third-order valence-electron chi connectivity index (χ3n) is 8.90. The van der Waals surface area contributed by atoms with Gasteiger partial charge in [0.1, 0.15) is 12.4 Å². The molecule has 41 heavy (non-hydrogen) atoms. The molecular weight excluding hydrogens is 540 g/mol. The van der Waals surface area contributed by atoms with E-state index in [0.29, 0.717) is 53.0 Å². The van der Waals surface area contributed by atoms with E-state index in [9.17, 15) is 13.2 Å². The van der Waals surface area contributed by atoms with Crippen molar-refractivity contribution in [1.82, 2.24) is 14.7 Å². The number of methoxy groups -OCH3 is 1. The van der Waals surface area contributed by atoms with Gasteiger partial charge < -0.3 is 19.3 Å². The summed E-state index contributed by atoms with van der Waals surface area (Å²) in [5.41, 5.74) is 2.95. The minimum atomic E-state index is -3.91. The first-order valence-electron chi connectivity index (χ1n) is 14.7. The normalized spacial score (nSPS) is 21.1. The number of amides is 1. The number of benzene rings is 2. The van der Waals surface area contributed by atoms with E-state index >= 15 is 0 Å². The second-order valence-electron chi connectivity index (χ2n) is 11.7. The van der Waals surface area contributed by atoms with Crippen LogP contribution in [0.25, 0.3) is 0 Å². The number of fused-ring (bicyclic) bond motifs is 1. The van der Waals surface area contributed by atoms with Gasteiger partial charge in [0.15, 0.2) is 0 Å². The van der Waals surface area contributed by atoms with E-state index in [0.717, 1.165) is 38.2 Å². The van der Waals surface area contributed by atoms with Gasteiger partial charge >= 0.3 is 0 Å². The van der Waals surface area contributed by atoms with Crippen molar-refractivity contribution in [2.24, 2.45) is 0 Å². The summed E-state index contributed by atoms with van der Waals surface area (Å²) in [5.74, 6) is 0.601. The molecule has 0 aromatic heterocycles. The second kappa shape index (κ2) is 12.7. The Bertz CT molecular complexity index is 1310. The zero-order valence-electron chi connectivity index (χ0n) is 24.8. The van der Waals surface area contributed by atoms with Crippen molar-refractivity contribution < 1.29 is 22.7 Å². The third-order valence-corrected chi connectivity index (χ3v) is 11.1. The number of sulfonamides is 1. The quantitative estimate of drug-likeness (QED) is 0.472. The van der Waals surface area contributed by atoms with E-state index in [4.69, 9.17) is 9.47 Å². The molecule has 0 radical (unpaired) electrons. The van der Waals surface area contributed by atoms with E-state index in [-0.39, 0.29) is 19.1 Å². The van der Waals surface area contributed by atoms with Gasteiger partial charge in [0.05, 0.1) is 30.3 Å². The first-order valence-corrected chi connectivity index (χ1v) is 16.2. The number of carbonyl (C=O) groups is 1. The Hall–Kier alpha value is -2.66. The molecule has 0 bridgehead atoms. The molecule has 0 saturated carbocycles. The van der Waals surface area contributed by atoms with Crippen LogP contribution in [0.1, 0.15) is 36.0 Å². The molecule has 2 fully saturated rings. The fraction of sp³-hybridized carbons (Fsp3) is 0.581. The molecule has 1 amide bonds. The lowest BCUT2D eigenvalue weighted by molar-refractivity contribution is -0.138. The highest BCUT2D eigenvalue weighted by molar-refractivity contribution is 7.93. The molecule has 1 atom stereocenters. The topological polar surface area (TPSA) is 82.6 Å². The second-order valence-corrected chi connectivity index (χ2v) is 13.4. The number of piperidine rings is 1. The molecule has 0 spiro atoms. The van der Waals surface area contributed by atoms with Crippen LogP contribution in [0.3, 0.4) is 0 Å². The van der Waals surface area contributed by atoms with Crippen LogP contribution >= 0.6 is 0 Å². The molecule has 0 N–H and O–H groups in total. The van der Waals surface area contributed by atoms with Gasteiger partial charge in [-0.25, -0.2) is 8.42 Å². The Morgan fingerprint density at radius 1 is 0.951 bits per heavy atom. The largest absolute Gasteiger partial charge is 0.497 e. The van der Waals surface area contributed by atoms with E-state index in [1.54, 1.807) is 33.1 Å². The van der Waals surface area contributed by atoms with E-state index in [1.807, 2.05) is 29.2 Å². The van der Waals surface area contributed by atoms with Crippen molar-refractivity contribution in [1.29, 1.82) is 0 Å². The van der Waals surface area contributed by atoms with Crippen molar-refractivity contribution in [2.75, 3.05) is 70.9 Å². The van der Waals surface area contributed by atoms with Gasteiger partial charge in [0, 0.05) is 32.2 Å². The van der Waals surface area contributed by atoms with Gasteiger partial charge in [-0.3, -0.25) is 14.0 Å². The molecule has 3 aliphatic heterocycles. The molecule has 10 heteroatoms. The van der Waals surface area contributed by atoms with Crippen LogP contribution in [-0.4, -0.2) is 108 Å². The molecule has 3 heterocycles. The Kier molecular flexibility index (Phi) is 9.23. The number of rotatable bonds is 8. The SMILES string of the molecule is COc1cc(C)c(S(=O)(=O)N2c3ccccc3CCC2COCC(=O)N2CCN(C3CCN(C)CC3)CC2)c(C)c1. The van der Waals surface area contributed by atoms with Gasteiger partial charge in [-0.2, -0.15) is 0 Å². The smallest absolute Gasteiger partial charge is 0.265 e. The van der Waals surface area contributed by atoms with Crippen molar-refractivity contribution in [3.63, 3.8) is 0 Å². The number of likely N-dealkylation sites (tertiary alicyclic amines) is 1. The van der Waals surface area contributed by atoms with Gasteiger partial charge in [0.25, 0.3) is 10.0 Å². The highest BCUT2D eigenvalue weighted by atomic mass is 32.2. The Morgan fingerprint density at radius 2 is 1.61 bits per heavy atom. The van der Waals surface area contributed by atoms with Crippen LogP contribution < -0.4 is 9.04 Å². The molecule has 0 aliphatic carbocycles. The van der Waals surface area contributed by atoms with E-state index in [1.165, 1.54) is 17.1 Å². The maximum atomic E-state index is 14.3. The van der Waals surface area contributed by atoms with E-state index in [2.05, 4.69) is 16.8 Å². The lowest BCUT2D eigenvalue weighted by atomic mass is 9.98. The standard InChI is InChI=1S/C31H44N4O5S/c1-23-19-28(39-4)20-24(2)31(23)41(37,38)35-27(10-9-25-7-5-6-8-29(25)35)21-40-22-30(36)34-17-15-33(16-18-34)26-11-13-32(3)14-12-26/h5-8,19-20,26-27H,9-18,21-22H2,1-4H3. The number of hydrogen-bond acceptors (Lipinski definition) is 7. The van der Waals surface area contributed by atoms with Gasteiger partial charge in [0.2, 0.25) is 5.91 Å². The van der Waals surface area contributed by atoms with Gasteiger partial charge in [-0.1, -0.05) is 18.2 Å². The van der Waals surface area contributed by atoms with Gasteiger partial charge in [-0.05, 0) is 94.6 Å². The van der Waals surface area contributed by atoms with Crippen molar-refractivity contribution >= 4 is 21.6 Å². The molecular formula is C31H44N4O5S. The molecule has 1 unspecified atom stereocenters. The number of nitrogens with zero attached hydrogens (tertiary/aromatic N) is 4. The Labute approximate surface area is 245 Å². The van der Waals surface area contributed by atoms with Crippen molar-refractivity contribution in [2.45, 2.75) is 56.5 Å². The van der Waals surface area contributed by atoms with Crippen LogP contribution in [0.2, 0.25) is 0 Å². The first kappa shape index (κ1) is 29.8. The highest BCUT2D eigenvalue weighted by Gasteiger charge is 2.38. The zero-order chi connectivity index (χ0) is 29.1. The van der Waals surface area contributed by atoms with Gasteiger partial charge in [-0.15, -0.1) is 0 Å². The summed E-state index contributed by atoms with van der Waals surface area (Å²) in [6, 6.07) is 11.4. The number of ether oxygens (including phenoxy) is 2. The number of aryl methyl sites for hydroxylation is 3. The first-order chi connectivity index (χ1) is 19.7. The lowest BCUT2D eigenvalue weighted by Crippen LogP contribution is -2.54. The maximum Gasteiger partial charge on any atom is 0.265 e. The van der Waals surface area contributed by atoms with Crippen LogP contribution in [0.15, 0.2) is 41.3 Å². The van der Waals surface area contributed by atoms with Crippen LogP contribution in [-0.2, 0) is 26.0 Å². The number of carbonyl (C=O) groups excluding carboxylic acids is 1. The average molecular weight is 585 g/mol. The predicted molar refractivity (Wildman–Crippen MR) is 160 cm³/mol. The van der Waals surface area contributed by atoms with Crippen molar-refractivity contribution in [3.8, 4) is 5.75 Å². The van der Waals surface area contributed by atoms with Crippen molar-refractivity contribution in [3.05, 3.63) is 53.1 Å². The molecule has 2 saturated heterocycles. The summed E-state index contributed by atoms with van der Waals surface area (Å²) in [6.07, 6.45) is 3.75. The molecule has 9 nitrogen and oxygen atoms in total. The van der Waals surface area contributed by atoms with Crippen LogP contribution in [0.4, 0.5) is 5.69 Å². The summed E-state index contributed by atoms with van der Waals surface area (Å²) in [7, 11) is -0.156. The molecule has 224 valence electrons. The minimum Gasteiger partial charge on any atom is -0.497 e. The monoisotopic (exact) mass is 584 g/mol. The number of hydrogen-bond donors (Lipinski definition) is 0. The summed E-state index contributed by atoms with van der Waals surface area (Å²) >= 11 is 0. The summed E-state index contributed by atoms with van der Waals surface area (Å²) < 4.78 is 41.4. The zero-order valence-corrected chi connectivity index (χ0v) is 25.7. The number of anilines is 1. The van der Waals surface area contributed by atoms with Crippen LogP contribution in [0.5, 0.6) is 5.75 Å². The molecule has 3 aliphatic rings. The lowest BCUT2D eigenvalue weighted by Gasteiger charge is -2.42. The molecule has 5 rings (SSSR count). The summed E-state index contributed by atoms with van der Waals surface area (Å²) in [5, 5.41) is 0. The highest BCUT2D eigenvalue weighted by Crippen LogP contribution is 2.38. The third kappa shape index (κ3) is 6.40. The Morgan fingerprint density at radius 3 is 2.27 bits per heavy atom. The Balaban J connectivity index is 1.25. The van der Waals surface area contributed by atoms with Crippen LogP contribution in [0, 0.1) is 13.8 Å². The molecule has 2 aromatic rings.